The molecule has 20 heavy (non-hydrogen) atoms. The van der Waals surface area contributed by atoms with Crippen molar-refractivity contribution in [2.24, 2.45) is 5.92 Å². The van der Waals surface area contributed by atoms with Crippen molar-refractivity contribution in [2.75, 3.05) is 7.11 Å². The van der Waals surface area contributed by atoms with Crippen LogP contribution in [0.5, 0.6) is 0 Å². The number of carbonyl (C=O) groups excluding carboxylic acids is 1. The van der Waals surface area contributed by atoms with E-state index >= 15 is 0 Å². The van der Waals surface area contributed by atoms with Crippen molar-refractivity contribution in [3.05, 3.63) is 35.1 Å². The molecule has 1 aromatic carbocycles. The Kier molecular flexibility index (Phi) is 5.10. The number of aliphatic hydroxyl groups is 1. The summed E-state index contributed by atoms with van der Waals surface area (Å²) in [6.07, 6.45) is -6.15. The number of rotatable bonds is 4. The van der Waals surface area contributed by atoms with Crippen LogP contribution in [0.25, 0.3) is 0 Å². The quantitative estimate of drug-likeness (QED) is 0.685. The van der Waals surface area contributed by atoms with E-state index in [0.717, 1.165) is 13.2 Å². The number of halogens is 4. The molecule has 0 aromatic heterocycles. The van der Waals surface area contributed by atoms with Gasteiger partial charge in [-0.2, -0.15) is 13.2 Å². The molecule has 2 unspecified atom stereocenters. The molecule has 7 heteroatoms. The Balaban J connectivity index is 3.18. The van der Waals surface area contributed by atoms with Gasteiger partial charge in [0.15, 0.2) is 0 Å². The summed E-state index contributed by atoms with van der Waals surface area (Å²) in [6, 6.07) is 1.72. The van der Waals surface area contributed by atoms with Crippen LogP contribution in [-0.2, 0) is 15.7 Å². The van der Waals surface area contributed by atoms with E-state index in [-0.39, 0.29) is 12.0 Å². The first-order valence-corrected chi connectivity index (χ1v) is 5.84. The van der Waals surface area contributed by atoms with Gasteiger partial charge in [-0.3, -0.25) is 4.79 Å². The second-order valence-electron chi connectivity index (χ2n) is 4.25. The minimum absolute atomic E-state index is 0.145. The average Bonchev–Trinajstić information content (AvgIpc) is 2.37. The van der Waals surface area contributed by atoms with Crippen LogP contribution in [0.4, 0.5) is 17.6 Å². The summed E-state index contributed by atoms with van der Waals surface area (Å²) in [5, 5.41) is 9.96. The first kappa shape index (κ1) is 16.4. The number of benzene rings is 1. The molecule has 112 valence electrons. The lowest BCUT2D eigenvalue weighted by molar-refractivity contribution is -0.149. The fourth-order valence-corrected chi connectivity index (χ4v) is 1.85. The number of aliphatic hydroxyl groups excluding tert-OH is 1. The van der Waals surface area contributed by atoms with Crippen molar-refractivity contribution in [3.63, 3.8) is 0 Å². The normalized spacial score (nSPS) is 14.8. The van der Waals surface area contributed by atoms with E-state index < -0.39 is 35.5 Å². The first-order valence-electron chi connectivity index (χ1n) is 5.84. The zero-order chi connectivity index (χ0) is 15.5. The predicted molar refractivity (Wildman–Crippen MR) is 62.2 cm³/mol. The molecule has 0 aliphatic heterocycles. The minimum Gasteiger partial charge on any atom is -0.469 e. The fraction of sp³-hybridized carbons (Fsp3) is 0.462. The fourth-order valence-electron chi connectivity index (χ4n) is 1.85. The SMILES string of the molecule is CCC(C(=O)OC)C(O)c1cc(F)cc(C(F)(F)F)c1. The molecule has 0 aliphatic rings. The second kappa shape index (κ2) is 6.21. The van der Waals surface area contributed by atoms with Gasteiger partial charge in [0.1, 0.15) is 5.82 Å². The number of hydrogen-bond donors (Lipinski definition) is 1. The lowest BCUT2D eigenvalue weighted by Gasteiger charge is -2.20. The summed E-state index contributed by atoms with van der Waals surface area (Å²) in [7, 11) is 1.10. The summed E-state index contributed by atoms with van der Waals surface area (Å²) in [6.45, 7) is 1.56. The van der Waals surface area contributed by atoms with Gasteiger partial charge < -0.3 is 9.84 Å². The number of carbonyl (C=O) groups is 1. The molecule has 0 heterocycles. The maximum atomic E-state index is 13.2. The molecule has 0 saturated carbocycles. The van der Waals surface area contributed by atoms with Crippen molar-refractivity contribution in [1.82, 2.24) is 0 Å². The topological polar surface area (TPSA) is 46.5 Å². The lowest BCUT2D eigenvalue weighted by Crippen LogP contribution is -2.23. The van der Waals surface area contributed by atoms with Gasteiger partial charge in [0, 0.05) is 0 Å². The molecule has 0 saturated heterocycles. The molecule has 0 amide bonds. The van der Waals surface area contributed by atoms with E-state index in [1.54, 1.807) is 6.92 Å². The molecule has 0 radical (unpaired) electrons. The average molecular weight is 294 g/mol. The van der Waals surface area contributed by atoms with Crippen molar-refractivity contribution in [1.29, 1.82) is 0 Å². The number of ether oxygens (including phenoxy) is 1. The Hall–Kier alpha value is -1.63. The van der Waals surface area contributed by atoms with E-state index in [1.807, 2.05) is 0 Å². The Morgan fingerprint density at radius 1 is 1.35 bits per heavy atom. The standard InChI is InChI=1S/C13H14F4O3/c1-3-10(12(19)20-2)11(18)7-4-8(13(15,16)17)6-9(14)5-7/h4-6,10-11,18H,3H2,1-2H3. The smallest absolute Gasteiger partial charge is 0.416 e. The van der Waals surface area contributed by atoms with Crippen LogP contribution in [-0.4, -0.2) is 18.2 Å². The second-order valence-corrected chi connectivity index (χ2v) is 4.25. The van der Waals surface area contributed by atoms with Crippen LogP contribution in [0, 0.1) is 11.7 Å². The Morgan fingerprint density at radius 3 is 2.40 bits per heavy atom. The van der Waals surface area contributed by atoms with Crippen LogP contribution in [0.1, 0.15) is 30.6 Å². The molecule has 0 fully saturated rings. The number of esters is 1. The highest BCUT2D eigenvalue weighted by Crippen LogP contribution is 2.34. The van der Waals surface area contributed by atoms with Gasteiger partial charge in [-0.15, -0.1) is 0 Å². The molecule has 1 aromatic rings. The third-order valence-corrected chi connectivity index (χ3v) is 2.91. The number of hydrogen-bond acceptors (Lipinski definition) is 3. The largest absolute Gasteiger partial charge is 0.469 e. The summed E-state index contributed by atoms with van der Waals surface area (Å²) < 4.78 is 55.4. The summed E-state index contributed by atoms with van der Waals surface area (Å²) in [5.74, 6) is -2.95. The molecule has 0 bridgehead atoms. The molecule has 2 atom stereocenters. The molecular weight excluding hydrogens is 280 g/mol. The third-order valence-electron chi connectivity index (χ3n) is 2.91. The van der Waals surface area contributed by atoms with E-state index in [9.17, 15) is 27.5 Å². The van der Waals surface area contributed by atoms with Gasteiger partial charge >= 0.3 is 12.1 Å². The van der Waals surface area contributed by atoms with Gasteiger partial charge in [-0.05, 0) is 30.2 Å². The highest BCUT2D eigenvalue weighted by Gasteiger charge is 2.34. The third kappa shape index (κ3) is 3.69. The maximum Gasteiger partial charge on any atom is 0.416 e. The van der Waals surface area contributed by atoms with E-state index in [2.05, 4.69) is 4.74 Å². The van der Waals surface area contributed by atoms with Gasteiger partial charge in [0.2, 0.25) is 0 Å². The van der Waals surface area contributed by atoms with E-state index in [0.29, 0.717) is 12.1 Å². The highest BCUT2D eigenvalue weighted by atomic mass is 19.4. The van der Waals surface area contributed by atoms with Crippen LogP contribution < -0.4 is 0 Å². The zero-order valence-corrected chi connectivity index (χ0v) is 10.9. The van der Waals surface area contributed by atoms with Crippen LogP contribution >= 0.6 is 0 Å². The zero-order valence-electron chi connectivity index (χ0n) is 10.9. The molecule has 0 aliphatic carbocycles. The number of methoxy groups -OCH3 is 1. The van der Waals surface area contributed by atoms with E-state index in [1.165, 1.54) is 0 Å². The van der Waals surface area contributed by atoms with E-state index in [4.69, 9.17) is 0 Å². The maximum absolute atomic E-state index is 13.2. The van der Waals surface area contributed by atoms with Crippen molar-refractivity contribution in [3.8, 4) is 0 Å². The Morgan fingerprint density at radius 2 is 1.95 bits per heavy atom. The minimum atomic E-state index is -4.73. The molecule has 0 spiro atoms. The van der Waals surface area contributed by atoms with Gasteiger partial charge in [-0.1, -0.05) is 6.92 Å². The summed E-state index contributed by atoms with van der Waals surface area (Å²) in [5.41, 5.74) is -1.53. The predicted octanol–water partition coefficient (Wildman–Crippen LogP) is 3.08. The van der Waals surface area contributed by atoms with Gasteiger partial charge in [-0.25, -0.2) is 4.39 Å². The highest BCUT2D eigenvalue weighted by molar-refractivity contribution is 5.73. The first-order chi connectivity index (χ1) is 9.20. The number of alkyl halides is 3. The monoisotopic (exact) mass is 294 g/mol. The molecule has 1 N–H and O–H groups in total. The van der Waals surface area contributed by atoms with Gasteiger partial charge in [0.05, 0.1) is 24.7 Å². The Bertz CT molecular complexity index is 485. The summed E-state index contributed by atoms with van der Waals surface area (Å²) in [4.78, 5) is 11.4. The Labute approximate surface area is 113 Å². The van der Waals surface area contributed by atoms with Crippen LogP contribution in [0.2, 0.25) is 0 Å². The molecule has 1 rings (SSSR count). The van der Waals surface area contributed by atoms with Crippen molar-refractivity contribution >= 4 is 5.97 Å². The molecular formula is C13H14F4O3. The molecule has 3 nitrogen and oxygen atoms in total. The lowest BCUT2D eigenvalue weighted by atomic mass is 9.92. The van der Waals surface area contributed by atoms with Crippen LogP contribution in [0.3, 0.4) is 0 Å². The van der Waals surface area contributed by atoms with Crippen molar-refractivity contribution in [2.45, 2.75) is 25.6 Å². The van der Waals surface area contributed by atoms with Crippen LogP contribution in [0.15, 0.2) is 18.2 Å². The summed E-state index contributed by atoms with van der Waals surface area (Å²) >= 11 is 0. The van der Waals surface area contributed by atoms with Crippen molar-refractivity contribution < 1.29 is 32.2 Å². The van der Waals surface area contributed by atoms with Gasteiger partial charge in [0.25, 0.3) is 0 Å².